The molecule has 0 aromatic rings. The number of ether oxygens (including phenoxy) is 4. The summed E-state index contributed by atoms with van der Waals surface area (Å²) < 4.78 is 26.3. The number of hydrogen-bond acceptors (Lipinski definition) is 8. The van der Waals surface area contributed by atoms with Crippen LogP contribution in [0.1, 0.15) is 73.1 Å². The third-order valence-corrected chi connectivity index (χ3v) is 7.39. The molecule has 3 fully saturated rings. The lowest BCUT2D eigenvalue weighted by molar-refractivity contribution is -0.138. The van der Waals surface area contributed by atoms with Crippen molar-refractivity contribution in [2.24, 2.45) is 5.92 Å². The Kier molecular flexibility index (Phi) is 13.0. The van der Waals surface area contributed by atoms with Gasteiger partial charge in [-0.15, -0.1) is 0 Å². The molecular weight excluding hydrogens is 482 g/mol. The molecule has 36 heavy (non-hydrogen) atoms. The molecule has 10 heteroatoms. The molecule has 1 aliphatic heterocycles. The molecule has 0 aromatic heterocycles. The van der Waals surface area contributed by atoms with Crippen LogP contribution in [-0.4, -0.2) is 74.9 Å². The Hall–Kier alpha value is -1.33. The molecule has 1 heterocycles. The van der Waals surface area contributed by atoms with E-state index in [-0.39, 0.29) is 54.4 Å². The fourth-order valence-corrected chi connectivity index (χ4v) is 5.48. The lowest BCUT2D eigenvalue weighted by Crippen LogP contribution is -2.55. The van der Waals surface area contributed by atoms with Gasteiger partial charge in [0.25, 0.3) is 0 Å². The van der Waals surface area contributed by atoms with E-state index in [4.69, 9.17) is 18.9 Å². The first-order valence-corrected chi connectivity index (χ1v) is 13.8. The van der Waals surface area contributed by atoms with Gasteiger partial charge in [-0.1, -0.05) is 38.3 Å². The summed E-state index contributed by atoms with van der Waals surface area (Å²) in [5.41, 5.74) is 0.965. The van der Waals surface area contributed by atoms with Crippen LogP contribution in [0.4, 0.5) is 4.79 Å². The molecule has 3 rings (SSSR count). The largest absolute Gasteiger partial charge is 0.443 e. The number of allylic oxidation sites excluding steroid dienone is 1. The van der Waals surface area contributed by atoms with Crippen molar-refractivity contribution in [1.29, 1.82) is 0 Å². The summed E-state index contributed by atoms with van der Waals surface area (Å²) in [6, 6.07) is 0.163. The van der Waals surface area contributed by atoms with E-state index >= 15 is 0 Å². The highest BCUT2D eigenvalue weighted by molar-refractivity contribution is 7.78. The van der Waals surface area contributed by atoms with Gasteiger partial charge < -0.3 is 29.6 Å². The topological polar surface area (TPSA) is 110 Å². The van der Waals surface area contributed by atoms with Crippen LogP contribution in [-0.2, 0) is 23.7 Å². The third-order valence-electron chi connectivity index (χ3n) is 7.24. The molecule has 208 valence electrons. The number of amides is 2. The van der Waals surface area contributed by atoms with Crippen molar-refractivity contribution in [2.75, 3.05) is 26.9 Å². The zero-order chi connectivity index (χ0) is 26.7. The third kappa shape index (κ3) is 8.90. The standard InChI is InChI=1S/C24H41N3O6S.C2H6/c1-15(2)10-12-31-16(3)21-22(30-4)19(9-11-24(21)14-32-24)33-23(29)27-18-7-5-17(6-8-18)26-20(28)13-25-34;1-2/h10,16-19,21-22,25,34H,5-9,11-14H2,1-4H3,(H,26,28)(H,27,29);1-2H3. The molecule has 9 nitrogen and oxygen atoms in total. The van der Waals surface area contributed by atoms with E-state index in [1.165, 1.54) is 5.57 Å². The summed E-state index contributed by atoms with van der Waals surface area (Å²) in [5, 5.41) is 6.00. The lowest BCUT2D eigenvalue weighted by atomic mass is 9.73. The van der Waals surface area contributed by atoms with Crippen LogP contribution in [0.15, 0.2) is 11.6 Å². The van der Waals surface area contributed by atoms with E-state index in [1.807, 2.05) is 34.6 Å². The average molecular weight is 530 g/mol. The van der Waals surface area contributed by atoms with Gasteiger partial charge in [0.2, 0.25) is 5.91 Å². The maximum absolute atomic E-state index is 12.7. The van der Waals surface area contributed by atoms with Gasteiger partial charge in [-0.2, -0.15) is 0 Å². The van der Waals surface area contributed by atoms with Crippen LogP contribution in [0.25, 0.3) is 0 Å². The van der Waals surface area contributed by atoms with Gasteiger partial charge in [-0.05, 0) is 59.3 Å². The van der Waals surface area contributed by atoms with Gasteiger partial charge in [0, 0.05) is 25.1 Å². The second kappa shape index (κ2) is 15.2. The Balaban J connectivity index is 0.00000222. The monoisotopic (exact) mass is 529 g/mol. The van der Waals surface area contributed by atoms with Gasteiger partial charge in [0.05, 0.1) is 31.5 Å². The van der Waals surface area contributed by atoms with E-state index < -0.39 is 6.09 Å². The lowest BCUT2D eigenvalue weighted by Gasteiger charge is -2.43. The molecular formula is C26H47N3O6S. The van der Waals surface area contributed by atoms with Crippen LogP contribution < -0.4 is 15.4 Å². The molecule has 2 aliphatic carbocycles. The Morgan fingerprint density at radius 3 is 2.25 bits per heavy atom. The second-order valence-corrected chi connectivity index (χ2v) is 10.3. The molecule has 5 unspecified atom stereocenters. The van der Waals surface area contributed by atoms with Crippen LogP contribution in [0.2, 0.25) is 0 Å². The Labute approximate surface area is 222 Å². The van der Waals surface area contributed by atoms with Crippen LogP contribution in [0.5, 0.6) is 0 Å². The van der Waals surface area contributed by atoms with Crippen molar-refractivity contribution < 1.29 is 28.5 Å². The minimum absolute atomic E-state index is 0.0135. The summed E-state index contributed by atoms with van der Waals surface area (Å²) in [5.74, 6) is -0.0832. The molecule has 0 bridgehead atoms. The molecule has 3 aliphatic rings. The first kappa shape index (κ1) is 30.9. The minimum atomic E-state index is -0.414. The van der Waals surface area contributed by atoms with Gasteiger partial charge in [-0.3, -0.25) is 9.52 Å². The number of rotatable bonds is 10. The predicted octanol–water partition coefficient (Wildman–Crippen LogP) is 3.53. The number of hydrogen-bond donors (Lipinski definition) is 4. The smallest absolute Gasteiger partial charge is 0.407 e. The number of alkyl carbamates (subject to hydrolysis) is 1. The SMILES string of the molecule is CC.COC1C(OC(=O)NC2CCC(NC(=O)CNS)CC2)CCC2(CO2)C1C(C)OCC=C(C)C. The highest BCUT2D eigenvalue weighted by Crippen LogP contribution is 2.49. The van der Waals surface area contributed by atoms with Gasteiger partial charge in [0.1, 0.15) is 12.2 Å². The zero-order valence-electron chi connectivity index (χ0n) is 22.8. The van der Waals surface area contributed by atoms with E-state index in [9.17, 15) is 9.59 Å². The Morgan fingerprint density at radius 2 is 1.72 bits per heavy atom. The summed E-state index contributed by atoms with van der Waals surface area (Å²) >= 11 is 3.85. The average Bonchev–Trinajstić information content (AvgIpc) is 3.62. The highest BCUT2D eigenvalue weighted by atomic mass is 32.1. The quantitative estimate of drug-likeness (QED) is 0.195. The molecule has 0 aromatic carbocycles. The minimum Gasteiger partial charge on any atom is -0.443 e. The number of epoxide rings is 1. The van der Waals surface area contributed by atoms with Gasteiger partial charge in [0.15, 0.2) is 0 Å². The van der Waals surface area contributed by atoms with Gasteiger partial charge in [-0.25, -0.2) is 4.79 Å². The fourth-order valence-electron chi connectivity index (χ4n) is 5.34. The molecule has 3 N–H and O–H groups in total. The Morgan fingerprint density at radius 1 is 1.11 bits per heavy atom. The van der Waals surface area contributed by atoms with Crippen LogP contribution >= 0.6 is 12.8 Å². The van der Waals surface area contributed by atoms with Crippen molar-refractivity contribution >= 4 is 24.8 Å². The first-order chi connectivity index (χ1) is 17.3. The predicted molar refractivity (Wildman–Crippen MR) is 143 cm³/mol. The number of nitrogens with one attached hydrogen (secondary N) is 3. The molecule has 2 amide bonds. The summed E-state index contributed by atoms with van der Waals surface area (Å²) in [6.07, 6.45) is 5.62. The molecule has 5 atom stereocenters. The number of methoxy groups -OCH3 is 1. The van der Waals surface area contributed by atoms with Gasteiger partial charge >= 0.3 is 6.09 Å². The van der Waals surface area contributed by atoms with E-state index in [1.54, 1.807) is 7.11 Å². The highest BCUT2D eigenvalue weighted by Gasteiger charge is 2.61. The van der Waals surface area contributed by atoms with E-state index in [0.29, 0.717) is 19.6 Å². The normalized spacial score (nSPS) is 31.9. The fraction of sp³-hybridized carbons (Fsp3) is 0.846. The molecule has 2 saturated carbocycles. The maximum Gasteiger partial charge on any atom is 0.407 e. The first-order valence-electron chi connectivity index (χ1n) is 13.3. The summed E-state index contributed by atoms with van der Waals surface area (Å²) in [6.45, 7) is 11.5. The zero-order valence-corrected chi connectivity index (χ0v) is 23.7. The summed E-state index contributed by atoms with van der Waals surface area (Å²) in [7, 11) is 1.66. The molecule has 1 saturated heterocycles. The van der Waals surface area contributed by atoms with Crippen LogP contribution in [0, 0.1) is 5.92 Å². The van der Waals surface area contributed by atoms with Crippen molar-refractivity contribution in [2.45, 2.75) is 109 Å². The Bertz CT molecular complexity index is 720. The maximum atomic E-state index is 12.7. The number of carbonyl (C=O) groups is 2. The number of carbonyl (C=O) groups excluding carboxylic acids is 2. The molecule has 1 spiro atoms. The van der Waals surface area contributed by atoms with Crippen molar-refractivity contribution in [3.8, 4) is 0 Å². The van der Waals surface area contributed by atoms with E-state index in [2.05, 4.69) is 34.2 Å². The molecule has 0 radical (unpaired) electrons. The van der Waals surface area contributed by atoms with Crippen LogP contribution in [0.3, 0.4) is 0 Å². The summed E-state index contributed by atoms with van der Waals surface area (Å²) in [4.78, 5) is 24.5. The van der Waals surface area contributed by atoms with Crippen molar-refractivity contribution in [1.82, 2.24) is 15.4 Å². The van der Waals surface area contributed by atoms with Crippen molar-refractivity contribution in [3.63, 3.8) is 0 Å². The number of thiol groups is 1. The van der Waals surface area contributed by atoms with Crippen molar-refractivity contribution in [3.05, 3.63) is 11.6 Å². The van der Waals surface area contributed by atoms with E-state index in [0.717, 1.165) is 32.1 Å². The second-order valence-electron chi connectivity index (χ2n) is 9.98.